The molecule has 35 heavy (non-hydrogen) atoms. The van der Waals surface area contributed by atoms with Gasteiger partial charge in [-0.05, 0) is 41.3 Å². The second kappa shape index (κ2) is 10.2. The molecule has 184 valence electrons. The Labute approximate surface area is 204 Å². The van der Waals surface area contributed by atoms with Crippen LogP contribution in [-0.4, -0.2) is 42.9 Å². The summed E-state index contributed by atoms with van der Waals surface area (Å²) in [4.78, 5) is 25.6. The van der Waals surface area contributed by atoms with Crippen LogP contribution in [0.25, 0.3) is 11.1 Å². The van der Waals surface area contributed by atoms with Gasteiger partial charge >= 0.3 is 0 Å². The van der Waals surface area contributed by atoms with Crippen molar-refractivity contribution in [1.82, 2.24) is 9.78 Å². The molecular formula is C26H30N4O5. The smallest absolute Gasteiger partial charge is 0.251 e. The third-order valence-electron chi connectivity index (χ3n) is 6.02. The van der Waals surface area contributed by atoms with Crippen LogP contribution in [0.5, 0.6) is 11.5 Å². The monoisotopic (exact) mass is 478 g/mol. The molecule has 0 fully saturated rings. The van der Waals surface area contributed by atoms with Gasteiger partial charge in [-0.15, -0.1) is 0 Å². The molecule has 1 atom stereocenters. The third-order valence-corrected chi connectivity index (χ3v) is 6.02. The third kappa shape index (κ3) is 4.85. The predicted molar refractivity (Wildman–Crippen MR) is 133 cm³/mol. The van der Waals surface area contributed by atoms with Crippen LogP contribution in [0.15, 0.2) is 42.5 Å². The summed E-state index contributed by atoms with van der Waals surface area (Å²) in [5, 5.41) is 10.4. The van der Waals surface area contributed by atoms with Gasteiger partial charge in [-0.2, -0.15) is 5.10 Å². The highest BCUT2D eigenvalue weighted by atomic mass is 16.5. The molecule has 2 heterocycles. The fourth-order valence-electron chi connectivity index (χ4n) is 4.19. The minimum absolute atomic E-state index is 0.0513. The summed E-state index contributed by atoms with van der Waals surface area (Å²) >= 11 is 0. The van der Waals surface area contributed by atoms with Crippen LogP contribution in [0.2, 0.25) is 0 Å². The number of nitrogens with zero attached hydrogens (tertiary/aromatic N) is 2. The van der Waals surface area contributed by atoms with E-state index in [1.54, 1.807) is 32.1 Å². The Hall–Kier alpha value is -3.85. The standard InChI is InChI=1S/C26H30N4O5/c1-15(2)16-6-9-18(10-7-16)27-23(31)13-20-26(32)28-25-24(19(14-33-3)29-30(20)25)17-8-11-21(34-4)22(12-17)35-5/h6-12,15,20H,13-14H2,1-5H3,(H,27,31)(H,28,32). The number of nitrogens with one attached hydrogen (secondary N) is 2. The molecule has 0 saturated carbocycles. The van der Waals surface area contributed by atoms with E-state index in [0.29, 0.717) is 40.2 Å². The van der Waals surface area contributed by atoms with Crippen molar-refractivity contribution in [1.29, 1.82) is 0 Å². The first-order valence-corrected chi connectivity index (χ1v) is 11.4. The van der Waals surface area contributed by atoms with Gasteiger partial charge in [0.1, 0.15) is 11.9 Å². The van der Waals surface area contributed by atoms with Gasteiger partial charge in [0.05, 0.1) is 38.5 Å². The highest BCUT2D eigenvalue weighted by molar-refractivity contribution is 6.04. The molecule has 9 heteroatoms. The number of rotatable bonds is 9. The van der Waals surface area contributed by atoms with Crippen molar-refractivity contribution in [2.24, 2.45) is 0 Å². The average Bonchev–Trinajstić information content (AvgIpc) is 3.33. The van der Waals surface area contributed by atoms with Crippen LogP contribution >= 0.6 is 0 Å². The van der Waals surface area contributed by atoms with Crippen LogP contribution in [0.4, 0.5) is 11.5 Å². The van der Waals surface area contributed by atoms with Crippen molar-refractivity contribution < 1.29 is 23.8 Å². The van der Waals surface area contributed by atoms with Gasteiger partial charge in [0.15, 0.2) is 11.5 Å². The van der Waals surface area contributed by atoms with Crippen molar-refractivity contribution in [3.8, 4) is 22.6 Å². The zero-order chi connectivity index (χ0) is 25.1. The summed E-state index contributed by atoms with van der Waals surface area (Å²) in [5.74, 6) is 1.51. The molecule has 1 aliphatic heterocycles. The molecule has 1 aromatic heterocycles. The van der Waals surface area contributed by atoms with Crippen LogP contribution in [-0.2, 0) is 20.9 Å². The Kier molecular flexibility index (Phi) is 7.07. The Bertz CT molecular complexity index is 1230. The quantitative estimate of drug-likeness (QED) is 0.474. The van der Waals surface area contributed by atoms with E-state index >= 15 is 0 Å². The largest absolute Gasteiger partial charge is 0.493 e. The molecule has 1 aliphatic rings. The zero-order valence-electron chi connectivity index (χ0n) is 20.5. The number of carbonyl (C=O) groups excluding carboxylic acids is 2. The topological polar surface area (TPSA) is 104 Å². The fourth-order valence-corrected chi connectivity index (χ4v) is 4.19. The summed E-state index contributed by atoms with van der Waals surface area (Å²) in [7, 11) is 4.71. The summed E-state index contributed by atoms with van der Waals surface area (Å²) in [6.45, 7) is 4.46. The summed E-state index contributed by atoms with van der Waals surface area (Å²) in [6, 6.07) is 12.4. The lowest BCUT2D eigenvalue weighted by Crippen LogP contribution is -2.24. The molecule has 1 unspecified atom stereocenters. The second-order valence-electron chi connectivity index (χ2n) is 8.65. The molecule has 4 rings (SSSR count). The van der Waals surface area contributed by atoms with Crippen molar-refractivity contribution in [3.05, 3.63) is 53.7 Å². The minimum atomic E-state index is -0.774. The highest BCUT2D eigenvalue weighted by Crippen LogP contribution is 2.41. The van der Waals surface area contributed by atoms with Crippen molar-refractivity contribution in [3.63, 3.8) is 0 Å². The summed E-state index contributed by atoms with van der Waals surface area (Å²) < 4.78 is 17.7. The van der Waals surface area contributed by atoms with Crippen molar-refractivity contribution >= 4 is 23.3 Å². The van der Waals surface area contributed by atoms with Crippen molar-refractivity contribution in [2.45, 2.75) is 38.8 Å². The van der Waals surface area contributed by atoms with Crippen LogP contribution < -0.4 is 20.1 Å². The Morgan fingerprint density at radius 3 is 2.43 bits per heavy atom. The Balaban J connectivity index is 1.61. The van der Waals surface area contributed by atoms with E-state index in [0.717, 1.165) is 5.56 Å². The van der Waals surface area contributed by atoms with Gasteiger partial charge in [0.25, 0.3) is 5.91 Å². The molecule has 0 saturated heterocycles. The predicted octanol–water partition coefficient (Wildman–Crippen LogP) is 4.36. The van der Waals surface area contributed by atoms with Gasteiger partial charge in [-0.3, -0.25) is 9.59 Å². The van der Waals surface area contributed by atoms with E-state index < -0.39 is 6.04 Å². The van der Waals surface area contributed by atoms with Crippen LogP contribution in [0.3, 0.4) is 0 Å². The molecule has 2 aromatic carbocycles. The van der Waals surface area contributed by atoms with E-state index in [2.05, 4.69) is 29.6 Å². The maximum atomic E-state index is 12.8. The summed E-state index contributed by atoms with van der Waals surface area (Å²) in [6.07, 6.45) is -0.0513. The molecule has 0 radical (unpaired) electrons. The number of hydrogen-bond acceptors (Lipinski definition) is 6. The lowest BCUT2D eigenvalue weighted by molar-refractivity contribution is -0.123. The van der Waals surface area contributed by atoms with Gasteiger partial charge < -0.3 is 24.8 Å². The number of fused-ring (bicyclic) bond motifs is 1. The lowest BCUT2D eigenvalue weighted by atomic mass is 10.0. The van der Waals surface area contributed by atoms with Gasteiger partial charge in [-0.25, -0.2) is 4.68 Å². The minimum Gasteiger partial charge on any atom is -0.493 e. The maximum absolute atomic E-state index is 12.8. The number of benzene rings is 2. The van der Waals surface area contributed by atoms with E-state index in [-0.39, 0.29) is 24.8 Å². The van der Waals surface area contributed by atoms with Crippen LogP contribution in [0.1, 0.15) is 43.5 Å². The average molecular weight is 479 g/mol. The molecule has 2 N–H and O–H groups in total. The zero-order valence-corrected chi connectivity index (χ0v) is 20.5. The molecule has 2 amide bonds. The number of ether oxygens (including phenoxy) is 3. The number of hydrogen-bond donors (Lipinski definition) is 2. The first kappa shape index (κ1) is 24.3. The van der Waals surface area contributed by atoms with Crippen molar-refractivity contribution in [2.75, 3.05) is 32.0 Å². The Morgan fingerprint density at radius 1 is 1.09 bits per heavy atom. The Morgan fingerprint density at radius 2 is 1.80 bits per heavy atom. The molecule has 3 aromatic rings. The maximum Gasteiger partial charge on any atom is 0.251 e. The number of anilines is 2. The first-order chi connectivity index (χ1) is 16.9. The number of methoxy groups -OCH3 is 3. The normalized spacial score (nSPS) is 14.6. The number of amides is 2. The number of aromatic nitrogens is 2. The van der Waals surface area contributed by atoms with E-state index in [9.17, 15) is 9.59 Å². The second-order valence-corrected chi connectivity index (χ2v) is 8.65. The highest BCUT2D eigenvalue weighted by Gasteiger charge is 2.37. The molecule has 0 bridgehead atoms. The SMILES string of the molecule is COCc1nn2c(c1-c1ccc(OC)c(OC)c1)NC(=O)C2CC(=O)Nc1ccc(C(C)C)cc1. The van der Waals surface area contributed by atoms with Gasteiger partial charge in [0, 0.05) is 12.8 Å². The molecule has 0 aliphatic carbocycles. The molecule has 0 spiro atoms. The molecule has 9 nitrogen and oxygen atoms in total. The summed E-state index contributed by atoms with van der Waals surface area (Å²) in [5.41, 5.74) is 4.02. The fraction of sp³-hybridized carbons (Fsp3) is 0.346. The number of carbonyl (C=O) groups is 2. The van der Waals surface area contributed by atoms with Gasteiger partial charge in [0.2, 0.25) is 5.91 Å². The van der Waals surface area contributed by atoms with Gasteiger partial charge in [-0.1, -0.05) is 32.0 Å². The molecular weight excluding hydrogens is 448 g/mol. The van der Waals surface area contributed by atoms with Crippen LogP contribution in [0, 0.1) is 0 Å². The van der Waals surface area contributed by atoms with E-state index in [4.69, 9.17) is 14.2 Å². The van der Waals surface area contributed by atoms with E-state index in [1.807, 2.05) is 36.4 Å². The lowest BCUT2D eigenvalue weighted by Gasteiger charge is -2.11. The van der Waals surface area contributed by atoms with E-state index in [1.165, 1.54) is 5.56 Å². The first-order valence-electron chi connectivity index (χ1n) is 11.4.